The summed E-state index contributed by atoms with van der Waals surface area (Å²) < 4.78 is 27.4. The van der Waals surface area contributed by atoms with Crippen molar-refractivity contribution < 1.29 is 13.6 Å². The summed E-state index contributed by atoms with van der Waals surface area (Å²) in [6.45, 7) is 0. The van der Waals surface area contributed by atoms with Crippen molar-refractivity contribution in [1.29, 1.82) is 0 Å². The number of rotatable bonds is 2. The number of thiazole rings is 1. The second kappa shape index (κ2) is 5.45. The summed E-state index contributed by atoms with van der Waals surface area (Å²) in [5, 5.41) is 5.12. The van der Waals surface area contributed by atoms with Gasteiger partial charge in [-0.25, -0.2) is 18.6 Å². The van der Waals surface area contributed by atoms with E-state index in [0.717, 1.165) is 28.4 Å². The monoisotopic (exact) mass is 305 g/mol. The van der Waals surface area contributed by atoms with Crippen molar-refractivity contribution in [3.05, 3.63) is 54.1 Å². The Morgan fingerprint density at radius 3 is 2.71 bits per heavy atom. The van der Waals surface area contributed by atoms with E-state index in [1.54, 1.807) is 0 Å². The average Bonchev–Trinajstić information content (AvgIpc) is 2.84. The van der Waals surface area contributed by atoms with E-state index in [1.807, 2.05) is 24.3 Å². The first-order valence-electron chi connectivity index (χ1n) is 6.00. The second-order valence-corrected chi connectivity index (χ2v) is 5.22. The molecule has 2 N–H and O–H groups in total. The van der Waals surface area contributed by atoms with Crippen molar-refractivity contribution in [2.75, 3.05) is 10.6 Å². The standard InChI is InChI=1S/C14H9F2N3OS/c15-8-5-6-9(16)11(7-8)17-13(20)19-14-18-10-3-1-2-4-12(10)21-14/h1-7H,(H2,17,18,19,20). The van der Waals surface area contributed by atoms with Crippen LogP contribution in [0.2, 0.25) is 0 Å². The number of anilines is 2. The minimum Gasteiger partial charge on any atom is -0.305 e. The molecule has 21 heavy (non-hydrogen) atoms. The number of hydrogen-bond acceptors (Lipinski definition) is 3. The van der Waals surface area contributed by atoms with Gasteiger partial charge < -0.3 is 5.32 Å². The number of halogens is 2. The van der Waals surface area contributed by atoms with E-state index in [1.165, 1.54) is 11.3 Å². The number of carbonyl (C=O) groups excluding carboxylic acids is 1. The lowest BCUT2D eigenvalue weighted by Gasteiger charge is -2.06. The predicted octanol–water partition coefficient (Wildman–Crippen LogP) is 4.22. The molecule has 0 aliphatic carbocycles. The van der Waals surface area contributed by atoms with Crippen LogP contribution in [0.4, 0.5) is 24.4 Å². The lowest BCUT2D eigenvalue weighted by Crippen LogP contribution is -2.20. The molecule has 0 saturated carbocycles. The smallest absolute Gasteiger partial charge is 0.305 e. The summed E-state index contributed by atoms with van der Waals surface area (Å²) in [4.78, 5) is 16.0. The minimum atomic E-state index is -0.712. The van der Waals surface area contributed by atoms with Crippen LogP contribution in [-0.4, -0.2) is 11.0 Å². The van der Waals surface area contributed by atoms with Crippen LogP contribution in [0, 0.1) is 11.6 Å². The highest BCUT2D eigenvalue weighted by atomic mass is 32.1. The molecule has 106 valence electrons. The Labute approximate surface area is 122 Å². The van der Waals surface area contributed by atoms with Gasteiger partial charge in [0.25, 0.3) is 0 Å². The number of carbonyl (C=O) groups is 1. The molecular weight excluding hydrogens is 296 g/mol. The third-order valence-electron chi connectivity index (χ3n) is 2.69. The van der Waals surface area contributed by atoms with Crippen LogP contribution in [0.1, 0.15) is 0 Å². The van der Waals surface area contributed by atoms with E-state index in [-0.39, 0.29) is 5.69 Å². The average molecular weight is 305 g/mol. The van der Waals surface area contributed by atoms with Gasteiger partial charge in [0.05, 0.1) is 15.9 Å². The number of aromatic nitrogens is 1. The van der Waals surface area contributed by atoms with Crippen LogP contribution >= 0.6 is 11.3 Å². The van der Waals surface area contributed by atoms with Gasteiger partial charge in [0.2, 0.25) is 0 Å². The third-order valence-corrected chi connectivity index (χ3v) is 3.64. The van der Waals surface area contributed by atoms with Crippen LogP contribution in [-0.2, 0) is 0 Å². The van der Waals surface area contributed by atoms with E-state index < -0.39 is 17.7 Å². The third kappa shape index (κ3) is 2.97. The lowest BCUT2D eigenvalue weighted by atomic mass is 10.3. The molecule has 2 aromatic carbocycles. The maximum absolute atomic E-state index is 13.4. The number of nitrogens with zero attached hydrogens (tertiary/aromatic N) is 1. The van der Waals surface area contributed by atoms with Gasteiger partial charge in [0, 0.05) is 6.07 Å². The van der Waals surface area contributed by atoms with Crippen molar-refractivity contribution >= 4 is 38.4 Å². The molecule has 7 heteroatoms. The highest BCUT2D eigenvalue weighted by Crippen LogP contribution is 2.25. The number of hydrogen-bond donors (Lipinski definition) is 2. The zero-order chi connectivity index (χ0) is 14.8. The highest BCUT2D eigenvalue weighted by molar-refractivity contribution is 7.22. The van der Waals surface area contributed by atoms with E-state index in [0.29, 0.717) is 5.13 Å². The fourth-order valence-corrected chi connectivity index (χ4v) is 2.63. The van der Waals surface area contributed by atoms with Gasteiger partial charge in [0.15, 0.2) is 5.13 Å². The summed E-state index contributed by atoms with van der Waals surface area (Å²) in [6, 6.07) is 9.56. The molecule has 0 aliphatic heterocycles. The summed E-state index contributed by atoms with van der Waals surface area (Å²) in [6.07, 6.45) is 0. The number of nitrogens with one attached hydrogen (secondary N) is 2. The molecule has 1 heterocycles. The zero-order valence-electron chi connectivity index (χ0n) is 10.6. The van der Waals surface area contributed by atoms with E-state index in [9.17, 15) is 13.6 Å². The largest absolute Gasteiger partial charge is 0.325 e. The first-order valence-corrected chi connectivity index (χ1v) is 6.82. The van der Waals surface area contributed by atoms with Gasteiger partial charge in [-0.2, -0.15) is 0 Å². The summed E-state index contributed by atoms with van der Waals surface area (Å²) in [5.74, 6) is -1.34. The first kappa shape index (κ1) is 13.4. The molecule has 4 nitrogen and oxygen atoms in total. The van der Waals surface area contributed by atoms with Gasteiger partial charge in [0.1, 0.15) is 11.6 Å². The molecule has 0 unspecified atom stereocenters. The summed E-state index contributed by atoms with van der Waals surface area (Å²) >= 11 is 1.29. The molecule has 0 fully saturated rings. The van der Waals surface area contributed by atoms with Crippen LogP contribution < -0.4 is 10.6 Å². The van der Waals surface area contributed by atoms with E-state index >= 15 is 0 Å². The summed E-state index contributed by atoms with van der Waals surface area (Å²) in [5.41, 5.74) is 0.531. The summed E-state index contributed by atoms with van der Waals surface area (Å²) in [7, 11) is 0. The molecule has 0 saturated heterocycles. The molecule has 1 aromatic heterocycles. The molecule has 0 atom stereocenters. The fourth-order valence-electron chi connectivity index (χ4n) is 1.77. The van der Waals surface area contributed by atoms with Gasteiger partial charge in [-0.1, -0.05) is 23.5 Å². The Kier molecular flexibility index (Phi) is 3.49. The van der Waals surface area contributed by atoms with E-state index in [4.69, 9.17) is 0 Å². The molecule has 3 rings (SSSR count). The lowest BCUT2D eigenvalue weighted by molar-refractivity contribution is 0.262. The van der Waals surface area contributed by atoms with Gasteiger partial charge in [-0.05, 0) is 24.3 Å². The van der Waals surface area contributed by atoms with Gasteiger partial charge in [-0.3, -0.25) is 5.32 Å². The Morgan fingerprint density at radius 1 is 1.10 bits per heavy atom. The van der Waals surface area contributed by atoms with Gasteiger partial charge >= 0.3 is 6.03 Å². The molecule has 3 aromatic rings. The zero-order valence-corrected chi connectivity index (χ0v) is 11.4. The quantitative estimate of drug-likeness (QED) is 0.745. The molecule has 0 radical (unpaired) electrons. The van der Waals surface area contributed by atoms with Gasteiger partial charge in [-0.15, -0.1) is 0 Å². The Balaban J connectivity index is 1.75. The molecule has 0 aliphatic rings. The number of fused-ring (bicyclic) bond motifs is 1. The molecular formula is C14H9F2N3OS. The Hall–Kier alpha value is -2.54. The maximum Gasteiger partial charge on any atom is 0.325 e. The normalized spacial score (nSPS) is 10.6. The molecule has 0 spiro atoms. The number of amides is 2. The van der Waals surface area contributed by atoms with E-state index in [2.05, 4.69) is 15.6 Å². The van der Waals surface area contributed by atoms with Crippen LogP contribution in [0.5, 0.6) is 0 Å². The number of urea groups is 1. The maximum atomic E-state index is 13.4. The number of benzene rings is 2. The van der Waals surface area contributed by atoms with Crippen molar-refractivity contribution in [1.82, 2.24) is 4.98 Å². The van der Waals surface area contributed by atoms with Crippen molar-refractivity contribution in [3.8, 4) is 0 Å². The Bertz CT molecular complexity index is 786. The highest BCUT2D eigenvalue weighted by Gasteiger charge is 2.10. The predicted molar refractivity (Wildman–Crippen MR) is 78.6 cm³/mol. The fraction of sp³-hybridized carbons (Fsp3) is 0. The SMILES string of the molecule is O=C(Nc1nc2ccccc2s1)Nc1cc(F)ccc1F. The molecule has 0 bridgehead atoms. The Morgan fingerprint density at radius 2 is 1.90 bits per heavy atom. The van der Waals surface area contributed by atoms with Crippen LogP contribution in [0.15, 0.2) is 42.5 Å². The van der Waals surface area contributed by atoms with Crippen LogP contribution in [0.3, 0.4) is 0 Å². The second-order valence-electron chi connectivity index (χ2n) is 4.19. The van der Waals surface area contributed by atoms with Crippen molar-refractivity contribution in [2.45, 2.75) is 0 Å². The number of para-hydroxylation sites is 1. The van der Waals surface area contributed by atoms with Crippen molar-refractivity contribution in [2.24, 2.45) is 0 Å². The topological polar surface area (TPSA) is 54.0 Å². The van der Waals surface area contributed by atoms with Crippen LogP contribution in [0.25, 0.3) is 10.2 Å². The first-order chi connectivity index (χ1) is 10.1. The van der Waals surface area contributed by atoms with Crippen molar-refractivity contribution in [3.63, 3.8) is 0 Å². The minimum absolute atomic E-state index is 0.228. The molecule has 2 amide bonds.